The monoisotopic (exact) mass is 581 g/mol. The Balaban J connectivity index is 1.65. The van der Waals surface area contributed by atoms with Crippen molar-refractivity contribution in [1.29, 1.82) is 0 Å². The highest BCUT2D eigenvalue weighted by molar-refractivity contribution is 6.19. The van der Waals surface area contributed by atoms with Crippen LogP contribution in [0.15, 0.2) is 65.9 Å². The topological polar surface area (TPSA) is 79.0 Å². The maximum Gasteiger partial charge on any atom is 0.573 e. The van der Waals surface area contributed by atoms with E-state index in [0.29, 0.717) is 0 Å². The Labute approximate surface area is 230 Å². The fourth-order valence-electron chi connectivity index (χ4n) is 6.16. The Morgan fingerprint density at radius 3 is 2.05 bits per heavy atom. The largest absolute Gasteiger partial charge is 0.573 e. The molecule has 2 aromatic carbocycles. The number of halogens is 6. The molecule has 0 bridgehead atoms. The number of carbonyl (C=O) groups excluding carboxylic acids is 3. The lowest BCUT2D eigenvalue weighted by Crippen LogP contribution is -2.58. The van der Waals surface area contributed by atoms with Crippen LogP contribution in [0.5, 0.6) is 5.75 Å². The average Bonchev–Trinajstić information content (AvgIpc) is 3.28. The molecule has 1 aliphatic carbocycles. The summed E-state index contributed by atoms with van der Waals surface area (Å²) >= 11 is 0. The van der Waals surface area contributed by atoms with E-state index in [9.17, 15) is 27.6 Å². The smallest absolute Gasteiger partial charge is 0.406 e. The van der Waals surface area contributed by atoms with Crippen molar-refractivity contribution in [1.82, 2.24) is 5.43 Å². The molecule has 0 spiro atoms. The molecule has 2 aromatic rings. The van der Waals surface area contributed by atoms with Crippen molar-refractivity contribution in [3.05, 3.63) is 65.9 Å². The molecule has 0 radical (unpaired) electrons. The maximum absolute atomic E-state index is 15.5. The third-order valence-electron chi connectivity index (χ3n) is 7.63. The number of allylic oxidation sites excluding steroid dienone is 1. The summed E-state index contributed by atoms with van der Waals surface area (Å²) in [6.45, 7) is 4.72. The van der Waals surface area contributed by atoms with E-state index in [1.54, 1.807) is 32.0 Å². The molecule has 1 fully saturated rings. The number of ketones is 1. The molecule has 41 heavy (non-hydrogen) atoms. The van der Waals surface area contributed by atoms with Gasteiger partial charge in [0.1, 0.15) is 5.75 Å². The van der Waals surface area contributed by atoms with Gasteiger partial charge in [0.25, 0.3) is 5.91 Å². The van der Waals surface area contributed by atoms with Crippen molar-refractivity contribution in [2.45, 2.75) is 52.2 Å². The fourth-order valence-corrected chi connectivity index (χ4v) is 6.16. The van der Waals surface area contributed by atoms with Crippen LogP contribution in [0.25, 0.3) is 0 Å². The van der Waals surface area contributed by atoms with Gasteiger partial charge in [-0.1, -0.05) is 32.0 Å². The molecule has 3 unspecified atom stereocenters. The van der Waals surface area contributed by atoms with Crippen LogP contribution >= 0.6 is 0 Å². The zero-order chi connectivity index (χ0) is 30.1. The first-order valence-electron chi connectivity index (χ1n) is 12.7. The fraction of sp³-hybridized carbons (Fsp3) is 0.393. The van der Waals surface area contributed by atoms with Gasteiger partial charge in [-0.05, 0) is 55.2 Å². The molecule has 1 saturated heterocycles. The molecule has 218 valence electrons. The highest BCUT2D eigenvalue weighted by Crippen LogP contribution is 2.62. The molecule has 3 aliphatic rings. The number of carbonyl (C=O) groups is 3. The van der Waals surface area contributed by atoms with Crippen molar-refractivity contribution in [2.75, 3.05) is 9.91 Å². The Kier molecular flexibility index (Phi) is 6.52. The van der Waals surface area contributed by atoms with Gasteiger partial charge in [-0.2, -0.15) is 13.2 Å². The summed E-state index contributed by atoms with van der Waals surface area (Å²) in [6.07, 6.45) is -10.6. The molecular formula is C28H25F6N3O4. The van der Waals surface area contributed by atoms with Crippen LogP contribution < -0.4 is 20.1 Å². The molecule has 0 saturated carbocycles. The number of rotatable bonds is 4. The maximum atomic E-state index is 15.5. The lowest BCUT2D eigenvalue weighted by molar-refractivity contribution is -0.274. The predicted octanol–water partition coefficient (Wildman–Crippen LogP) is 5.68. The van der Waals surface area contributed by atoms with Crippen molar-refractivity contribution >= 4 is 29.0 Å². The molecule has 5 rings (SSSR count). The molecular weight excluding hydrogens is 556 g/mol. The second kappa shape index (κ2) is 9.33. The third kappa shape index (κ3) is 4.55. The first-order chi connectivity index (χ1) is 19.0. The number of alkyl halides is 6. The predicted molar refractivity (Wildman–Crippen MR) is 134 cm³/mol. The van der Waals surface area contributed by atoms with E-state index < -0.39 is 64.2 Å². The third-order valence-corrected chi connectivity index (χ3v) is 7.63. The number of hydrogen-bond acceptors (Lipinski definition) is 5. The summed E-state index contributed by atoms with van der Waals surface area (Å²) in [7, 11) is 0. The zero-order valence-corrected chi connectivity index (χ0v) is 22.1. The van der Waals surface area contributed by atoms with Gasteiger partial charge in [0.05, 0.1) is 11.6 Å². The standard InChI is InChI=1S/C28H25F6N3O4/c1-15-21(23(39)37(35-15)17-9-11-18(12-10-17)41-28(32,33)34)26(27(29,30)31)22-19(13-25(2,3)14-20(22)38)36(24(26)40)16-7-5-4-6-8-16/h4-12,15,21,35H,13-14H2,1-3H3. The van der Waals surface area contributed by atoms with Gasteiger partial charge in [-0.3, -0.25) is 19.3 Å². The van der Waals surface area contributed by atoms with E-state index in [4.69, 9.17) is 0 Å². The van der Waals surface area contributed by atoms with Crippen molar-refractivity contribution in [2.24, 2.45) is 16.7 Å². The molecule has 2 amide bonds. The van der Waals surface area contributed by atoms with Crippen LogP contribution in [-0.4, -0.2) is 36.2 Å². The first kappa shape index (κ1) is 28.7. The van der Waals surface area contributed by atoms with E-state index in [0.717, 1.165) is 34.2 Å². The number of Topliss-reactive ketones (excluding diaryl/α,β-unsaturated/α-hetero) is 1. The normalized spacial score (nSPS) is 26.6. The zero-order valence-electron chi connectivity index (χ0n) is 22.1. The first-order valence-corrected chi connectivity index (χ1v) is 12.7. The Morgan fingerprint density at radius 1 is 0.878 bits per heavy atom. The van der Waals surface area contributed by atoms with E-state index in [1.165, 1.54) is 19.1 Å². The van der Waals surface area contributed by atoms with Crippen LogP contribution in [-0.2, 0) is 14.4 Å². The summed E-state index contributed by atoms with van der Waals surface area (Å²) in [5, 5.41) is 0.760. The number of ether oxygens (including phenoxy) is 1. The highest BCUT2D eigenvalue weighted by Gasteiger charge is 2.77. The van der Waals surface area contributed by atoms with E-state index in [-0.39, 0.29) is 29.9 Å². The van der Waals surface area contributed by atoms with Crippen LogP contribution in [0.4, 0.5) is 37.7 Å². The van der Waals surface area contributed by atoms with Crippen LogP contribution in [0.2, 0.25) is 0 Å². The van der Waals surface area contributed by atoms with Crippen LogP contribution in [0, 0.1) is 16.7 Å². The lowest BCUT2D eigenvalue weighted by Gasteiger charge is -2.38. The quantitative estimate of drug-likeness (QED) is 0.471. The van der Waals surface area contributed by atoms with Crippen LogP contribution in [0.1, 0.15) is 33.6 Å². The van der Waals surface area contributed by atoms with E-state index in [1.807, 2.05) is 0 Å². The number of amides is 2. The minimum atomic E-state index is -5.36. The summed E-state index contributed by atoms with van der Waals surface area (Å²) in [4.78, 5) is 42.5. The van der Waals surface area contributed by atoms with Crippen LogP contribution in [0.3, 0.4) is 0 Å². The molecule has 3 atom stereocenters. The number of nitrogens with one attached hydrogen (secondary N) is 1. The van der Waals surface area contributed by atoms with Gasteiger partial charge in [0, 0.05) is 29.4 Å². The summed E-state index contributed by atoms with van der Waals surface area (Å²) in [5.41, 5.74) is -2.39. The highest BCUT2D eigenvalue weighted by atomic mass is 19.4. The number of hydrogen-bond donors (Lipinski definition) is 1. The van der Waals surface area contributed by atoms with Gasteiger partial charge in [-0.15, -0.1) is 13.2 Å². The summed E-state index contributed by atoms with van der Waals surface area (Å²) < 4.78 is 87.9. The van der Waals surface area contributed by atoms with Gasteiger partial charge in [-0.25, -0.2) is 10.4 Å². The SMILES string of the molecule is CC1NN(c2ccc(OC(F)(F)F)cc2)C(=O)C1C1(C(F)(F)F)C(=O)N(c2ccccc2)C2=C1C(=O)CC(C)(C)C2. The van der Waals surface area contributed by atoms with Crippen molar-refractivity contribution in [3.8, 4) is 5.75 Å². The number of anilines is 2. The minimum Gasteiger partial charge on any atom is -0.406 e. The van der Waals surface area contributed by atoms with E-state index >= 15 is 13.2 Å². The molecule has 7 nitrogen and oxygen atoms in total. The Morgan fingerprint density at radius 2 is 1.49 bits per heavy atom. The number of para-hydroxylation sites is 1. The van der Waals surface area contributed by atoms with E-state index in [2.05, 4.69) is 10.2 Å². The Bertz CT molecular complexity index is 1440. The van der Waals surface area contributed by atoms with Gasteiger partial charge in [0.2, 0.25) is 5.91 Å². The van der Waals surface area contributed by atoms with Crippen molar-refractivity contribution in [3.63, 3.8) is 0 Å². The molecule has 2 aliphatic heterocycles. The summed E-state index contributed by atoms with van der Waals surface area (Å²) in [5.74, 6) is -6.17. The van der Waals surface area contributed by atoms with Gasteiger partial charge in [0.15, 0.2) is 11.2 Å². The Hall–Kier alpha value is -3.87. The summed E-state index contributed by atoms with van der Waals surface area (Å²) in [6, 6.07) is 10.3. The van der Waals surface area contributed by atoms with Gasteiger partial charge >= 0.3 is 12.5 Å². The molecule has 13 heteroatoms. The van der Waals surface area contributed by atoms with Gasteiger partial charge < -0.3 is 4.74 Å². The molecule has 2 heterocycles. The number of nitrogens with zero attached hydrogens (tertiary/aromatic N) is 2. The molecule has 0 aromatic heterocycles. The molecule has 1 N–H and O–H groups in total. The van der Waals surface area contributed by atoms with Crippen molar-refractivity contribution < 1.29 is 45.5 Å². The second-order valence-electron chi connectivity index (χ2n) is 11.2. The average molecular weight is 582 g/mol. The number of hydrazine groups is 1. The number of benzene rings is 2. The minimum absolute atomic E-state index is 0.0142. The lowest BCUT2D eigenvalue weighted by atomic mass is 9.62. The second-order valence-corrected chi connectivity index (χ2v) is 11.2.